The molecule has 3 aromatic rings. The minimum atomic E-state index is -0.313. The highest BCUT2D eigenvalue weighted by molar-refractivity contribution is 8.14. The van der Waals surface area contributed by atoms with Crippen LogP contribution in [0.15, 0.2) is 76.0 Å². The summed E-state index contributed by atoms with van der Waals surface area (Å²) in [5.41, 5.74) is 1.76. The van der Waals surface area contributed by atoms with E-state index in [9.17, 15) is 9.59 Å². The number of aliphatic imine (C=N–C) groups is 1. The van der Waals surface area contributed by atoms with E-state index < -0.39 is 0 Å². The van der Waals surface area contributed by atoms with E-state index in [2.05, 4.69) is 15.6 Å². The highest BCUT2D eigenvalue weighted by Gasteiger charge is 2.32. The second kappa shape index (κ2) is 11.9. The Morgan fingerprint density at radius 3 is 2.66 bits per heavy atom. The second-order valence-corrected chi connectivity index (χ2v) is 9.23. The smallest absolute Gasteiger partial charge is 0.305 e. The first-order chi connectivity index (χ1) is 18.6. The van der Waals surface area contributed by atoms with Gasteiger partial charge in [0, 0.05) is 0 Å². The van der Waals surface area contributed by atoms with Crippen LogP contribution in [-0.4, -0.2) is 60.9 Å². The van der Waals surface area contributed by atoms with Crippen molar-refractivity contribution in [1.82, 2.24) is 5.27 Å². The molecule has 3 heterocycles. The Bertz CT molecular complexity index is 1340. The third-order valence-corrected chi connectivity index (χ3v) is 6.60. The quantitative estimate of drug-likeness (QED) is 0.346. The largest absolute Gasteiger partial charge is 0.494 e. The van der Waals surface area contributed by atoms with Crippen molar-refractivity contribution in [3.8, 4) is 5.75 Å². The molecule has 196 valence electrons. The Labute approximate surface area is 223 Å². The van der Waals surface area contributed by atoms with Gasteiger partial charge in [0.25, 0.3) is 12.1 Å². The van der Waals surface area contributed by atoms with E-state index in [0.29, 0.717) is 43.8 Å². The van der Waals surface area contributed by atoms with Gasteiger partial charge in [-0.25, -0.2) is 4.99 Å². The zero-order valence-corrected chi connectivity index (χ0v) is 21.6. The molecule has 1 saturated heterocycles. The lowest BCUT2D eigenvalue weighted by Crippen LogP contribution is -2.62. The number of amidine groups is 1. The lowest BCUT2D eigenvalue weighted by atomic mass is 10.2. The molecule has 2 aliphatic heterocycles. The summed E-state index contributed by atoms with van der Waals surface area (Å²) in [5, 5.41) is 9.02. The third kappa shape index (κ3) is 6.03. The first-order valence-corrected chi connectivity index (χ1v) is 13.2. The van der Waals surface area contributed by atoms with E-state index in [-0.39, 0.29) is 29.1 Å². The van der Waals surface area contributed by atoms with Gasteiger partial charge in [-0.05, 0) is 42.8 Å². The monoisotopic (exact) mass is 535 g/mol. The van der Waals surface area contributed by atoms with E-state index in [0.717, 1.165) is 23.1 Å². The van der Waals surface area contributed by atoms with Crippen LogP contribution in [0.3, 0.4) is 0 Å². The zero-order chi connectivity index (χ0) is 26.3. The van der Waals surface area contributed by atoms with Crippen molar-refractivity contribution < 1.29 is 28.4 Å². The van der Waals surface area contributed by atoms with Gasteiger partial charge < -0.3 is 9.47 Å². The number of para-hydroxylation sites is 1. The number of aromatic nitrogens is 2. The number of anilines is 2. The number of nitrogens with one attached hydrogen (secondary N) is 1. The minimum absolute atomic E-state index is 0.0179. The van der Waals surface area contributed by atoms with Crippen LogP contribution in [0.2, 0.25) is 0 Å². The van der Waals surface area contributed by atoms with Crippen molar-refractivity contribution in [2.75, 3.05) is 53.9 Å². The van der Waals surface area contributed by atoms with Crippen molar-refractivity contribution in [3.05, 3.63) is 72.1 Å². The van der Waals surface area contributed by atoms with Crippen LogP contribution < -0.4 is 24.8 Å². The predicted octanol–water partition coefficient (Wildman–Crippen LogP) is 2.44. The van der Waals surface area contributed by atoms with Crippen LogP contribution >= 0.6 is 11.8 Å². The third-order valence-electron chi connectivity index (χ3n) is 5.67. The molecule has 1 fully saturated rings. The molecule has 0 saturated carbocycles. The van der Waals surface area contributed by atoms with Crippen molar-refractivity contribution in [2.24, 2.45) is 4.99 Å². The molecule has 12 heteroatoms. The highest BCUT2D eigenvalue weighted by atomic mass is 32.2. The topological polar surface area (TPSA) is 113 Å². The normalized spacial score (nSPS) is 16.6. The van der Waals surface area contributed by atoms with E-state index in [4.69, 9.17) is 14.0 Å². The molecule has 2 aliphatic rings. The summed E-state index contributed by atoms with van der Waals surface area (Å²) in [6.45, 7) is 5.06. The first kappa shape index (κ1) is 25.5. The lowest BCUT2D eigenvalue weighted by Gasteiger charge is -2.18. The van der Waals surface area contributed by atoms with E-state index in [1.165, 1.54) is 4.90 Å². The number of morpholine rings is 1. The summed E-state index contributed by atoms with van der Waals surface area (Å²) in [7, 11) is 0. The maximum atomic E-state index is 13.3. The van der Waals surface area contributed by atoms with Crippen LogP contribution in [-0.2, 0) is 14.3 Å². The highest BCUT2D eigenvalue weighted by Crippen LogP contribution is 2.29. The summed E-state index contributed by atoms with van der Waals surface area (Å²) < 4.78 is 16.1. The number of rotatable bonds is 8. The number of ether oxygens (including phenoxy) is 2. The van der Waals surface area contributed by atoms with Crippen LogP contribution in [0, 0.1) is 0 Å². The molecular weight excluding hydrogens is 508 g/mol. The number of nitrogens with zero attached hydrogens (tertiary/aromatic N) is 5. The molecule has 0 spiro atoms. The molecule has 0 atom stereocenters. The molecule has 0 aliphatic carbocycles. The average Bonchev–Trinajstić information content (AvgIpc) is 3.54. The Kier molecular flexibility index (Phi) is 8.00. The van der Waals surface area contributed by atoms with Crippen LogP contribution in [0.1, 0.15) is 12.5 Å². The van der Waals surface area contributed by atoms with Gasteiger partial charge in [0.15, 0.2) is 5.17 Å². The van der Waals surface area contributed by atoms with E-state index >= 15 is 0 Å². The first-order valence-electron chi connectivity index (χ1n) is 12.2. The van der Waals surface area contributed by atoms with Crippen LogP contribution in [0.5, 0.6) is 5.75 Å². The Morgan fingerprint density at radius 2 is 1.92 bits per heavy atom. The maximum absolute atomic E-state index is 13.3. The van der Waals surface area contributed by atoms with Crippen molar-refractivity contribution in [2.45, 2.75) is 6.92 Å². The lowest BCUT2D eigenvalue weighted by molar-refractivity contribution is -0.759. The molecule has 0 radical (unpaired) electrons. The molecule has 0 unspecified atom stereocenters. The standard InChI is InChI=1S/C26H26N6O5S/c1-2-36-21-10-8-19(9-11-21)16-22-25(34)32(20-6-4-3-5-7-20)26(27-22)38-18-23(33)28-24-17-31(29-37-24)30-12-14-35-15-13-30/h3-11,16-17H,2,12-15,18H2,1H3/p+1/b22-16+. The minimum Gasteiger partial charge on any atom is -0.494 e. The van der Waals surface area contributed by atoms with Gasteiger partial charge in [-0.1, -0.05) is 42.1 Å². The van der Waals surface area contributed by atoms with E-state index in [1.54, 1.807) is 17.1 Å². The summed E-state index contributed by atoms with van der Waals surface area (Å²) in [6, 6.07) is 16.6. The Morgan fingerprint density at radius 1 is 1.16 bits per heavy atom. The van der Waals surface area contributed by atoms with Crippen molar-refractivity contribution in [3.63, 3.8) is 0 Å². The van der Waals surface area contributed by atoms with Crippen LogP contribution in [0.25, 0.3) is 6.08 Å². The summed E-state index contributed by atoms with van der Waals surface area (Å²) in [5.74, 6) is 0.417. The molecule has 1 N–H and O–H groups in total. The van der Waals surface area contributed by atoms with Crippen molar-refractivity contribution >= 4 is 46.4 Å². The van der Waals surface area contributed by atoms with Crippen molar-refractivity contribution in [1.29, 1.82) is 0 Å². The SMILES string of the molecule is CCOc1ccc(/C=C2/N=C(SCC(=O)Nc3c[n+](N4CCOCC4)no3)N(c3ccccc3)C2=O)cc1. The predicted molar refractivity (Wildman–Crippen MR) is 144 cm³/mol. The van der Waals surface area contributed by atoms with Gasteiger partial charge in [-0.15, -0.1) is 5.01 Å². The van der Waals surface area contributed by atoms with Gasteiger partial charge in [-0.3, -0.25) is 24.3 Å². The average molecular weight is 536 g/mol. The zero-order valence-electron chi connectivity index (χ0n) is 20.8. The number of hydrogen-bond acceptors (Lipinski definition) is 9. The van der Waals surface area contributed by atoms with Gasteiger partial charge in [-0.2, -0.15) is 0 Å². The molecule has 2 amide bonds. The number of hydrogen-bond donors (Lipinski definition) is 1. The molecule has 38 heavy (non-hydrogen) atoms. The Balaban J connectivity index is 1.28. The molecule has 11 nitrogen and oxygen atoms in total. The summed E-state index contributed by atoms with van der Waals surface area (Å²) in [4.78, 5) is 33.7. The number of carbonyl (C=O) groups is 2. The van der Waals surface area contributed by atoms with Gasteiger partial charge in [0.2, 0.25) is 11.2 Å². The molecule has 2 aromatic carbocycles. The molecule has 1 aromatic heterocycles. The molecular formula is C26H27N6O5S+. The summed E-state index contributed by atoms with van der Waals surface area (Å²) in [6.07, 6.45) is 3.33. The fourth-order valence-corrected chi connectivity index (χ4v) is 4.68. The van der Waals surface area contributed by atoms with Gasteiger partial charge in [0.05, 0.1) is 49.1 Å². The second-order valence-electron chi connectivity index (χ2n) is 8.29. The van der Waals surface area contributed by atoms with Gasteiger partial charge in [0.1, 0.15) is 11.4 Å². The fraction of sp³-hybridized carbons (Fsp3) is 0.269. The molecule has 5 rings (SSSR count). The molecule has 0 bridgehead atoms. The Hall–Kier alpha value is -4.16. The number of carbonyl (C=O) groups excluding carboxylic acids is 2. The van der Waals surface area contributed by atoms with Crippen LogP contribution in [0.4, 0.5) is 11.6 Å². The van der Waals surface area contributed by atoms with Gasteiger partial charge >= 0.3 is 5.88 Å². The number of benzene rings is 2. The number of amides is 2. The summed E-state index contributed by atoms with van der Waals surface area (Å²) >= 11 is 1.16. The number of thioether (sulfide) groups is 1. The maximum Gasteiger partial charge on any atom is 0.305 e. The fourth-order valence-electron chi connectivity index (χ4n) is 3.87. The van der Waals surface area contributed by atoms with E-state index in [1.807, 2.05) is 66.5 Å².